The summed E-state index contributed by atoms with van der Waals surface area (Å²) in [7, 11) is 1.54. The molecule has 144 valence electrons. The Balaban J connectivity index is 1.61. The maximum absolute atomic E-state index is 12.6. The molecule has 0 spiro atoms. The van der Waals surface area contributed by atoms with Crippen LogP contribution in [0.4, 0.5) is 5.69 Å². The number of thioether (sulfide) groups is 1. The van der Waals surface area contributed by atoms with E-state index in [-0.39, 0.29) is 24.8 Å². The molecule has 1 N–H and O–H groups in total. The van der Waals surface area contributed by atoms with Crippen molar-refractivity contribution in [2.45, 2.75) is 6.42 Å². The fourth-order valence-corrected chi connectivity index (χ4v) is 4.01. The SMILES string of the molecule is COc1ccccc1NC(=O)CCN1C(=O)/C(=C/c2ccc(Cl)cc2)SC1=S. The Morgan fingerprint density at radius 3 is 2.68 bits per heavy atom. The maximum atomic E-state index is 12.6. The van der Waals surface area contributed by atoms with Crippen LogP contribution in [-0.4, -0.2) is 34.7 Å². The van der Waals surface area contributed by atoms with Crippen LogP contribution in [0.1, 0.15) is 12.0 Å². The number of para-hydroxylation sites is 2. The molecule has 3 rings (SSSR count). The lowest BCUT2D eigenvalue weighted by atomic mass is 10.2. The number of carbonyl (C=O) groups is 2. The van der Waals surface area contributed by atoms with Gasteiger partial charge in [0.2, 0.25) is 5.91 Å². The van der Waals surface area contributed by atoms with Crippen molar-refractivity contribution in [1.82, 2.24) is 4.90 Å². The summed E-state index contributed by atoms with van der Waals surface area (Å²) in [5.41, 5.74) is 1.45. The van der Waals surface area contributed by atoms with Gasteiger partial charge in [0.1, 0.15) is 10.1 Å². The molecule has 28 heavy (non-hydrogen) atoms. The summed E-state index contributed by atoms with van der Waals surface area (Å²) in [4.78, 5) is 26.9. The minimum absolute atomic E-state index is 0.124. The van der Waals surface area contributed by atoms with Crippen molar-refractivity contribution in [1.29, 1.82) is 0 Å². The van der Waals surface area contributed by atoms with Gasteiger partial charge in [-0.25, -0.2) is 0 Å². The molecule has 0 saturated carbocycles. The smallest absolute Gasteiger partial charge is 0.266 e. The van der Waals surface area contributed by atoms with E-state index in [0.29, 0.717) is 25.7 Å². The van der Waals surface area contributed by atoms with Crippen molar-refractivity contribution in [2.75, 3.05) is 19.0 Å². The molecule has 0 radical (unpaired) electrons. The normalized spacial score (nSPS) is 15.2. The van der Waals surface area contributed by atoms with Crippen LogP contribution in [0.5, 0.6) is 5.75 Å². The van der Waals surface area contributed by atoms with Gasteiger partial charge < -0.3 is 10.1 Å². The number of benzene rings is 2. The molecule has 1 fully saturated rings. The Bertz CT molecular complexity index is 945. The predicted octanol–water partition coefficient (Wildman–Crippen LogP) is 4.58. The van der Waals surface area contributed by atoms with Crippen molar-refractivity contribution >= 4 is 63.5 Å². The van der Waals surface area contributed by atoms with Crippen molar-refractivity contribution in [3.63, 3.8) is 0 Å². The van der Waals surface area contributed by atoms with Gasteiger partial charge in [-0.1, -0.05) is 59.8 Å². The third-order valence-corrected chi connectivity index (χ3v) is 5.61. The number of nitrogens with one attached hydrogen (secondary N) is 1. The topological polar surface area (TPSA) is 58.6 Å². The highest BCUT2D eigenvalue weighted by Gasteiger charge is 2.32. The summed E-state index contributed by atoms with van der Waals surface area (Å²) < 4.78 is 5.66. The molecular formula is C20H17ClN2O3S2. The monoisotopic (exact) mass is 432 g/mol. The zero-order chi connectivity index (χ0) is 20.1. The molecular weight excluding hydrogens is 416 g/mol. The van der Waals surface area contributed by atoms with Crippen LogP contribution >= 0.6 is 35.6 Å². The van der Waals surface area contributed by atoms with Crippen LogP contribution < -0.4 is 10.1 Å². The molecule has 2 aromatic carbocycles. The number of amides is 2. The summed E-state index contributed by atoms with van der Waals surface area (Å²) in [5, 5.41) is 3.42. The van der Waals surface area contributed by atoms with Gasteiger partial charge >= 0.3 is 0 Å². The van der Waals surface area contributed by atoms with E-state index in [9.17, 15) is 9.59 Å². The number of anilines is 1. The van der Waals surface area contributed by atoms with Crippen molar-refractivity contribution in [3.8, 4) is 5.75 Å². The van der Waals surface area contributed by atoms with Crippen LogP contribution in [0.15, 0.2) is 53.4 Å². The quantitative estimate of drug-likeness (QED) is 0.535. The molecule has 2 aromatic rings. The summed E-state index contributed by atoms with van der Waals surface area (Å²) in [5.74, 6) is 0.155. The number of hydrogen-bond acceptors (Lipinski definition) is 5. The number of halogens is 1. The average Bonchev–Trinajstić information content (AvgIpc) is 2.95. The van der Waals surface area contributed by atoms with Crippen LogP contribution in [0.25, 0.3) is 6.08 Å². The van der Waals surface area contributed by atoms with E-state index < -0.39 is 0 Å². The largest absolute Gasteiger partial charge is 0.495 e. The molecule has 1 aliphatic heterocycles. The number of rotatable bonds is 6. The first-order valence-electron chi connectivity index (χ1n) is 8.42. The Kier molecular flexibility index (Phi) is 6.72. The van der Waals surface area contributed by atoms with Gasteiger partial charge in [-0.3, -0.25) is 14.5 Å². The highest BCUT2D eigenvalue weighted by Crippen LogP contribution is 2.33. The molecule has 1 aliphatic rings. The van der Waals surface area contributed by atoms with Gasteiger partial charge in [-0.05, 0) is 35.9 Å². The Morgan fingerprint density at radius 2 is 1.96 bits per heavy atom. The van der Waals surface area contributed by atoms with E-state index in [1.807, 2.05) is 24.3 Å². The van der Waals surface area contributed by atoms with Gasteiger partial charge in [0.25, 0.3) is 5.91 Å². The van der Waals surface area contributed by atoms with Gasteiger partial charge in [-0.2, -0.15) is 0 Å². The highest BCUT2D eigenvalue weighted by atomic mass is 35.5. The number of ether oxygens (including phenoxy) is 1. The first-order chi connectivity index (χ1) is 13.5. The molecule has 0 atom stereocenters. The zero-order valence-electron chi connectivity index (χ0n) is 15.0. The second kappa shape index (κ2) is 9.23. The lowest BCUT2D eigenvalue weighted by Crippen LogP contribution is -2.31. The first-order valence-corrected chi connectivity index (χ1v) is 10.0. The second-order valence-corrected chi connectivity index (χ2v) is 8.00. The predicted molar refractivity (Wildman–Crippen MR) is 118 cm³/mol. The molecule has 1 heterocycles. The molecule has 8 heteroatoms. The minimum atomic E-state index is -0.222. The van der Waals surface area contributed by atoms with Gasteiger partial charge in [-0.15, -0.1) is 0 Å². The Morgan fingerprint density at radius 1 is 1.25 bits per heavy atom. The van der Waals surface area contributed by atoms with E-state index in [1.54, 1.807) is 30.3 Å². The molecule has 0 aliphatic carbocycles. The average molecular weight is 433 g/mol. The standard InChI is InChI=1S/C20H17ClN2O3S2/c1-26-16-5-3-2-4-15(16)22-18(24)10-11-23-19(25)17(28-20(23)27)12-13-6-8-14(21)9-7-13/h2-9,12H,10-11H2,1H3,(H,22,24)/b17-12-. The lowest BCUT2D eigenvalue weighted by Gasteiger charge is -2.15. The number of hydrogen-bond donors (Lipinski definition) is 1. The minimum Gasteiger partial charge on any atom is -0.495 e. The van der Waals surface area contributed by atoms with Gasteiger partial charge in [0.15, 0.2) is 0 Å². The maximum Gasteiger partial charge on any atom is 0.266 e. The van der Waals surface area contributed by atoms with Crippen LogP contribution in [0, 0.1) is 0 Å². The third-order valence-electron chi connectivity index (χ3n) is 3.98. The van der Waals surface area contributed by atoms with Crippen molar-refractivity contribution < 1.29 is 14.3 Å². The first kappa shape index (κ1) is 20.4. The fraction of sp³-hybridized carbons (Fsp3) is 0.150. The number of carbonyl (C=O) groups excluding carboxylic acids is 2. The van der Waals surface area contributed by atoms with Gasteiger partial charge in [0.05, 0.1) is 17.7 Å². The highest BCUT2D eigenvalue weighted by molar-refractivity contribution is 8.26. The molecule has 0 unspecified atom stereocenters. The second-order valence-electron chi connectivity index (χ2n) is 5.88. The summed E-state index contributed by atoms with van der Waals surface area (Å²) in [6.07, 6.45) is 1.89. The number of thiocarbonyl (C=S) groups is 1. The molecule has 0 bridgehead atoms. The number of methoxy groups -OCH3 is 1. The Labute approximate surface area is 177 Å². The molecule has 2 amide bonds. The van der Waals surface area contributed by atoms with E-state index in [0.717, 1.165) is 5.56 Å². The number of nitrogens with zero attached hydrogens (tertiary/aromatic N) is 1. The summed E-state index contributed by atoms with van der Waals surface area (Å²) >= 11 is 12.4. The van der Waals surface area contributed by atoms with Crippen molar-refractivity contribution in [2.24, 2.45) is 0 Å². The molecule has 1 saturated heterocycles. The third kappa shape index (κ3) is 4.92. The van der Waals surface area contributed by atoms with Crippen LogP contribution in [0.2, 0.25) is 5.02 Å². The van der Waals surface area contributed by atoms with E-state index >= 15 is 0 Å². The molecule has 0 aromatic heterocycles. The van der Waals surface area contributed by atoms with E-state index in [2.05, 4.69) is 5.32 Å². The summed E-state index contributed by atoms with van der Waals surface area (Å²) in [6, 6.07) is 14.3. The summed E-state index contributed by atoms with van der Waals surface area (Å²) in [6.45, 7) is 0.212. The van der Waals surface area contributed by atoms with Crippen LogP contribution in [-0.2, 0) is 9.59 Å². The van der Waals surface area contributed by atoms with E-state index in [1.165, 1.54) is 23.8 Å². The van der Waals surface area contributed by atoms with Gasteiger partial charge in [0, 0.05) is 18.0 Å². The zero-order valence-corrected chi connectivity index (χ0v) is 17.4. The fourth-order valence-electron chi connectivity index (χ4n) is 2.58. The Hall–Kier alpha value is -2.35. The van der Waals surface area contributed by atoms with Crippen molar-refractivity contribution in [3.05, 3.63) is 64.0 Å². The lowest BCUT2D eigenvalue weighted by molar-refractivity contribution is -0.122. The molecule has 5 nitrogen and oxygen atoms in total. The van der Waals surface area contributed by atoms with Crippen LogP contribution in [0.3, 0.4) is 0 Å². The van der Waals surface area contributed by atoms with E-state index in [4.69, 9.17) is 28.6 Å².